The van der Waals surface area contributed by atoms with Crippen LogP contribution in [0.3, 0.4) is 0 Å². The summed E-state index contributed by atoms with van der Waals surface area (Å²) in [5.74, 6) is 0. The second kappa shape index (κ2) is 6.03. The Labute approximate surface area is 103 Å². The van der Waals surface area contributed by atoms with Crippen molar-refractivity contribution in [1.29, 1.82) is 0 Å². The molecule has 1 fully saturated rings. The number of aliphatic hydroxyl groups excluding tert-OH is 1. The van der Waals surface area contributed by atoms with Crippen molar-refractivity contribution < 1.29 is 5.11 Å². The van der Waals surface area contributed by atoms with Crippen molar-refractivity contribution in [3.8, 4) is 0 Å². The predicted molar refractivity (Wildman–Crippen MR) is 71.5 cm³/mol. The normalized spacial score (nSPS) is 20.6. The minimum atomic E-state index is 0.223. The maximum Gasteiger partial charge on any atom is 0.0556 e. The van der Waals surface area contributed by atoms with Crippen molar-refractivity contribution in [2.45, 2.75) is 25.8 Å². The molecule has 1 saturated heterocycles. The van der Waals surface area contributed by atoms with Gasteiger partial charge in [0.25, 0.3) is 0 Å². The van der Waals surface area contributed by atoms with Gasteiger partial charge in [-0.2, -0.15) is 0 Å². The highest BCUT2D eigenvalue weighted by Crippen LogP contribution is 2.20. The minimum absolute atomic E-state index is 0.223. The molecule has 0 saturated carbocycles. The zero-order valence-corrected chi connectivity index (χ0v) is 10.5. The Morgan fingerprint density at radius 3 is 2.82 bits per heavy atom. The van der Waals surface area contributed by atoms with E-state index in [1.165, 1.54) is 24.1 Å². The molecule has 0 amide bonds. The summed E-state index contributed by atoms with van der Waals surface area (Å²) < 4.78 is 0. The van der Waals surface area contributed by atoms with Crippen LogP contribution in [-0.2, 0) is 0 Å². The summed E-state index contributed by atoms with van der Waals surface area (Å²) in [6.45, 7) is 5.22. The van der Waals surface area contributed by atoms with Crippen LogP contribution in [0.5, 0.6) is 0 Å². The molecule has 1 heterocycles. The fourth-order valence-electron chi connectivity index (χ4n) is 2.40. The monoisotopic (exact) mass is 234 g/mol. The number of benzene rings is 1. The average Bonchev–Trinajstić information content (AvgIpc) is 2.37. The SMILES string of the molecule is Cc1ccc(N2CCCC(NCCO)C2)cc1. The van der Waals surface area contributed by atoms with Crippen LogP contribution < -0.4 is 10.2 Å². The summed E-state index contributed by atoms with van der Waals surface area (Å²) in [7, 11) is 0. The molecule has 3 nitrogen and oxygen atoms in total. The highest BCUT2D eigenvalue weighted by Gasteiger charge is 2.19. The molecule has 2 rings (SSSR count). The number of anilines is 1. The van der Waals surface area contributed by atoms with Gasteiger partial charge in [0.05, 0.1) is 6.61 Å². The molecule has 0 aromatic heterocycles. The maximum absolute atomic E-state index is 8.83. The highest BCUT2D eigenvalue weighted by molar-refractivity contribution is 5.48. The van der Waals surface area contributed by atoms with Gasteiger partial charge in [0, 0.05) is 31.4 Å². The fraction of sp³-hybridized carbons (Fsp3) is 0.571. The van der Waals surface area contributed by atoms with E-state index in [2.05, 4.69) is 41.4 Å². The smallest absolute Gasteiger partial charge is 0.0556 e. The summed E-state index contributed by atoms with van der Waals surface area (Å²) >= 11 is 0. The van der Waals surface area contributed by atoms with Crippen molar-refractivity contribution in [1.82, 2.24) is 5.32 Å². The van der Waals surface area contributed by atoms with Gasteiger partial charge in [-0.25, -0.2) is 0 Å². The third-order valence-corrected chi connectivity index (χ3v) is 3.37. The predicted octanol–water partition coefficient (Wildman–Crippen LogP) is 1.55. The largest absolute Gasteiger partial charge is 0.395 e. The van der Waals surface area contributed by atoms with Gasteiger partial charge in [-0.1, -0.05) is 17.7 Å². The van der Waals surface area contributed by atoms with Gasteiger partial charge in [0.15, 0.2) is 0 Å². The molecular weight excluding hydrogens is 212 g/mol. The molecule has 1 aliphatic heterocycles. The molecule has 0 bridgehead atoms. The molecule has 1 aromatic rings. The third-order valence-electron chi connectivity index (χ3n) is 3.37. The average molecular weight is 234 g/mol. The minimum Gasteiger partial charge on any atom is -0.395 e. The Morgan fingerprint density at radius 1 is 1.35 bits per heavy atom. The van der Waals surface area contributed by atoms with Crippen molar-refractivity contribution in [3.63, 3.8) is 0 Å². The molecule has 94 valence electrons. The van der Waals surface area contributed by atoms with E-state index < -0.39 is 0 Å². The van der Waals surface area contributed by atoms with Crippen LogP contribution >= 0.6 is 0 Å². The topological polar surface area (TPSA) is 35.5 Å². The van der Waals surface area contributed by atoms with Crippen LogP contribution in [0, 0.1) is 6.92 Å². The maximum atomic E-state index is 8.83. The second-order valence-electron chi connectivity index (χ2n) is 4.80. The number of piperidine rings is 1. The summed E-state index contributed by atoms with van der Waals surface area (Å²) in [4.78, 5) is 2.43. The van der Waals surface area contributed by atoms with E-state index in [1.807, 2.05) is 0 Å². The lowest BCUT2D eigenvalue weighted by molar-refractivity contribution is 0.278. The first-order valence-electron chi connectivity index (χ1n) is 6.45. The lowest BCUT2D eigenvalue weighted by Gasteiger charge is -2.35. The Bertz CT molecular complexity index is 337. The van der Waals surface area contributed by atoms with Crippen LogP contribution in [0.25, 0.3) is 0 Å². The number of hydrogen-bond acceptors (Lipinski definition) is 3. The molecule has 0 aliphatic carbocycles. The summed E-state index contributed by atoms with van der Waals surface area (Å²) in [5.41, 5.74) is 2.62. The quantitative estimate of drug-likeness (QED) is 0.829. The Hall–Kier alpha value is -1.06. The third kappa shape index (κ3) is 3.45. The number of aryl methyl sites for hydroxylation is 1. The summed E-state index contributed by atoms with van der Waals surface area (Å²) in [5, 5.41) is 12.2. The molecule has 1 aliphatic rings. The standard InChI is InChI=1S/C14H22N2O/c1-12-4-6-14(7-5-12)16-9-2-3-13(11-16)15-8-10-17/h4-7,13,15,17H,2-3,8-11H2,1H3. The first-order chi connectivity index (χ1) is 8.29. The van der Waals surface area contributed by atoms with E-state index in [-0.39, 0.29) is 6.61 Å². The van der Waals surface area contributed by atoms with Gasteiger partial charge in [0.2, 0.25) is 0 Å². The Balaban J connectivity index is 1.94. The van der Waals surface area contributed by atoms with E-state index in [1.54, 1.807) is 0 Å². The van der Waals surface area contributed by atoms with Gasteiger partial charge in [0.1, 0.15) is 0 Å². The summed E-state index contributed by atoms with van der Waals surface area (Å²) in [6.07, 6.45) is 2.43. The molecule has 1 aromatic carbocycles. The van der Waals surface area contributed by atoms with E-state index in [0.29, 0.717) is 12.6 Å². The van der Waals surface area contributed by atoms with E-state index in [4.69, 9.17) is 5.11 Å². The van der Waals surface area contributed by atoms with Crippen LogP contribution in [0.15, 0.2) is 24.3 Å². The fourth-order valence-corrected chi connectivity index (χ4v) is 2.40. The van der Waals surface area contributed by atoms with Crippen molar-refractivity contribution in [2.24, 2.45) is 0 Å². The zero-order chi connectivity index (χ0) is 12.1. The lowest BCUT2D eigenvalue weighted by atomic mass is 10.0. The van der Waals surface area contributed by atoms with Gasteiger partial charge >= 0.3 is 0 Å². The highest BCUT2D eigenvalue weighted by atomic mass is 16.3. The molecule has 2 N–H and O–H groups in total. The van der Waals surface area contributed by atoms with E-state index in [9.17, 15) is 0 Å². The number of nitrogens with one attached hydrogen (secondary N) is 1. The Morgan fingerprint density at radius 2 is 2.12 bits per heavy atom. The Kier molecular flexibility index (Phi) is 4.40. The van der Waals surface area contributed by atoms with E-state index in [0.717, 1.165) is 13.1 Å². The zero-order valence-electron chi connectivity index (χ0n) is 10.5. The summed E-state index contributed by atoms with van der Waals surface area (Å²) in [6, 6.07) is 9.24. The molecule has 3 heteroatoms. The molecule has 0 spiro atoms. The molecule has 17 heavy (non-hydrogen) atoms. The molecule has 1 atom stereocenters. The van der Waals surface area contributed by atoms with Crippen molar-refractivity contribution in [3.05, 3.63) is 29.8 Å². The number of hydrogen-bond donors (Lipinski definition) is 2. The van der Waals surface area contributed by atoms with E-state index >= 15 is 0 Å². The van der Waals surface area contributed by atoms with Gasteiger partial charge in [-0.15, -0.1) is 0 Å². The lowest BCUT2D eigenvalue weighted by Crippen LogP contribution is -2.46. The number of rotatable bonds is 4. The molecule has 1 unspecified atom stereocenters. The van der Waals surface area contributed by atoms with Gasteiger partial charge < -0.3 is 15.3 Å². The first kappa shape index (κ1) is 12.4. The van der Waals surface area contributed by atoms with Crippen LogP contribution in [0.1, 0.15) is 18.4 Å². The number of aliphatic hydroxyl groups is 1. The van der Waals surface area contributed by atoms with Crippen LogP contribution in [-0.4, -0.2) is 37.4 Å². The van der Waals surface area contributed by atoms with Gasteiger partial charge in [-0.3, -0.25) is 0 Å². The molecular formula is C14H22N2O. The van der Waals surface area contributed by atoms with Crippen molar-refractivity contribution >= 4 is 5.69 Å². The molecule has 0 radical (unpaired) electrons. The number of nitrogens with zero attached hydrogens (tertiary/aromatic N) is 1. The van der Waals surface area contributed by atoms with Crippen molar-refractivity contribution in [2.75, 3.05) is 31.1 Å². The van der Waals surface area contributed by atoms with Gasteiger partial charge in [-0.05, 0) is 31.9 Å². The first-order valence-corrected chi connectivity index (χ1v) is 6.45. The second-order valence-corrected chi connectivity index (χ2v) is 4.80. The van der Waals surface area contributed by atoms with Crippen LogP contribution in [0.2, 0.25) is 0 Å². The van der Waals surface area contributed by atoms with Crippen LogP contribution in [0.4, 0.5) is 5.69 Å².